The maximum atomic E-state index is 12.2. The second-order valence-corrected chi connectivity index (χ2v) is 5.58. The Morgan fingerprint density at radius 2 is 2.29 bits per heavy atom. The lowest BCUT2D eigenvalue weighted by Gasteiger charge is -2.12. The summed E-state index contributed by atoms with van der Waals surface area (Å²) < 4.78 is 5.46. The van der Waals surface area contributed by atoms with Crippen LogP contribution in [0.3, 0.4) is 0 Å². The van der Waals surface area contributed by atoms with Crippen molar-refractivity contribution in [3.63, 3.8) is 0 Å². The molecule has 2 aromatic rings. The monoisotopic (exact) mass is 305 g/mol. The zero-order chi connectivity index (χ0) is 15.2. The number of nitrogens with zero attached hydrogens (tertiary/aromatic N) is 1. The van der Waals surface area contributed by atoms with E-state index < -0.39 is 0 Å². The molecule has 0 aliphatic rings. The number of aryl methyl sites for hydroxylation is 1. The predicted octanol–water partition coefficient (Wildman–Crippen LogP) is 2.40. The van der Waals surface area contributed by atoms with Crippen molar-refractivity contribution in [2.24, 2.45) is 0 Å². The molecule has 5 nitrogen and oxygen atoms in total. The van der Waals surface area contributed by atoms with Gasteiger partial charge in [-0.2, -0.15) is 0 Å². The average molecular weight is 305 g/mol. The molecular formula is C15H19N3O2S. The highest BCUT2D eigenvalue weighted by Gasteiger charge is 2.14. The van der Waals surface area contributed by atoms with Crippen molar-refractivity contribution in [3.05, 3.63) is 39.8 Å². The molecule has 1 heterocycles. The second kappa shape index (κ2) is 7.08. The van der Waals surface area contributed by atoms with E-state index in [9.17, 15) is 4.79 Å². The van der Waals surface area contributed by atoms with E-state index >= 15 is 0 Å². The zero-order valence-electron chi connectivity index (χ0n) is 12.2. The fourth-order valence-electron chi connectivity index (χ4n) is 1.96. The van der Waals surface area contributed by atoms with Crippen molar-refractivity contribution in [3.8, 4) is 5.75 Å². The molecular weight excluding hydrogens is 286 g/mol. The van der Waals surface area contributed by atoms with Gasteiger partial charge in [-0.05, 0) is 26.0 Å². The van der Waals surface area contributed by atoms with Crippen molar-refractivity contribution < 1.29 is 9.53 Å². The lowest BCUT2D eigenvalue weighted by atomic mass is 10.1. The number of nitrogen functional groups attached to an aromatic ring is 1. The number of para-hydroxylation sites is 1. The molecule has 0 radical (unpaired) electrons. The minimum absolute atomic E-state index is 0.183. The number of nitrogens with one attached hydrogen (secondary N) is 1. The van der Waals surface area contributed by atoms with E-state index in [1.807, 2.05) is 19.2 Å². The van der Waals surface area contributed by atoms with Crippen LogP contribution in [0.4, 0.5) is 5.69 Å². The van der Waals surface area contributed by atoms with Crippen LogP contribution in [0.5, 0.6) is 5.75 Å². The normalized spacial score (nSPS) is 10.4. The number of anilines is 1. The number of amides is 1. The summed E-state index contributed by atoms with van der Waals surface area (Å²) in [5.74, 6) is 0.264. The quantitative estimate of drug-likeness (QED) is 0.803. The number of nitrogens with two attached hydrogens (primary N) is 1. The Balaban J connectivity index is 1.98. The van der Waals surface area contributed by atoms with Crippen LogP contribution in [-0.4, -0.2) is 24.0 Å². The van der Waals surface area contributed by atoms with Crippen LogP contribution >= 0.6 is 11.3 Å². The molecule has 0 fully saturated rings. The van der Waals surface area contributed by atoms with E-state index in [4.69, 9.17) is 10.5 Å². The summed E-state index contributed by atoms with van der Waals surface area (Å²) in [4.78, 5) is 16.6. The van der Waals surface area contributed by atoms with Crippen LogP contribution in [0.15, 0.2) is 23.6 Å². The summed E-state index contributed by atoms with van der Waals surface area (Å²) in [6.07, 6.45) is 0.711. The Morgan fingerprint density at radius 3 is 2.95 bits per heavy atom. The number of carbonyl (C=O) groups is 1. The molecule has 0 saturated carbocycles. The average Bonchev–Trinajstić information content (AvgIpc) is 2.87. The lowest BCUT2D eigenvalue weighted by molar-refractivity contribution is 0.0950. The summed E-state index contributed by atoms with van der Waals surface area (Å²) in [6.45, 7) is 4.82. The van der Waals surface area contributed by atoms with Gasteiger partial charge in [0.15, 0.2) is 5.75 Å². The molecule has 1 aromatic carbocycles. The second-order valence-electron chi connectivity index (χ2n) is 4.52. The summed E-state index contributed by atoms with van der Waals surface area (Å²) >= 11 is 1.61. The van der Waals surface area contributed by atoms with Crippen molar-refractivity contribution >= 4 is 22.9 Å². The van der Waals surface area contributed by atoms with E-state index in [-0.39, 0.29) is 5.91 Å². The molecule has 0 spiro atoms. The molecule has 0 unspecified atom stereocenters. The summed E-state index contributed by atoms with van der Waals surface area (Å²) in [7, 11) is 0. The number of aromatic nitrogens is 1. The number of rotatable bonds is 6. The first kappa shape index (κ1) is 15.3. The fourth-order valence-corrected chi connectivity index (χ4v) is 2.61. The molecule has 0 aliphatic heterocycles. The smallest absolute Gasteiger partial charge is 0.255 e. The van der Waals surface area contributed by atoms with Crippen molar-refractivity contribution in [1.29, 1.82) is 0 Å². The number of thiazole rings is 1. The molecule has 1 aromatic heterocycles. The molecule has 0 aliphatic carbocycles. The van der Waals surface area contributed by atoms with Gasteiger partial charge < -0.3 is 15.8 Å². The van der Waals surface area contributed by atoms with Crippen molar-refractivity contribution in [2.45, 2.75) is 20.3 Å². The molecule has 2 rings (SSSR count). The van der Waals surface area contributed by atoms with Crippen molar-refractivity contribution in [2.75, 3.05) is 18.9 Å². The Kier molecular flexibility index (Phi) is 5.16. The van der Waals surface area contributed by atoms with Gasteiger partial charge >= 0.3 is 0 Å². The molecule has 3 N–H and O–H groups in total. The SMILES string of the molecule is CCOc1c(N)cccc1C(=O)NCCc1csc(C)n1. The van der Waals surface area contributed by atoms with E-state index in [0.29, 0.717) is 36.6 Å². The van der Waals surface area contributed by atoms with E-state index in [0.717, 1.165) is 10.7 Å². The maximum Gasteiger partial charge on any atom is 0.255 e. The van der Waals surface area contributed by atoms with Gasteiger partial charge in [0.2, 0.25) is 0 Å². The predicted molar refractivity (Wildman–Crippen MR) is 84.9 cm³/mol. The van der Waals surface area contributed by atoms with Crippen LogP contribution < -0.4 is 15.8 Å². The maximum absolute atomic E-state index is 12.2. The van der Waals surface area contributed by atoms with Gasteiger partial charge in [-0.15, -0.1) is 11.3 Å². The minimum atomic E-state index is -0.183. The van der Waals surface area contributed by atoms with Gasteiger partial charge in [0, 0.05) is 18.3 Å². The molecule has 6 heteroatoms. The fraction of sp³-hybridized carbons (Fsp3) is 0.333. The van der Waals surface area contributed by atoms with Gasteiger partial charge in [0.1, 0.15) is 0 Å². The molecule has 1 amide bonds. The topological polar surface area (TPSA) is 77.2 Å². The Bertz CT molecular complexity index is 625. The van der Waals surface area contributed by atoms with Crippen LogP contribution in [0.2, 0.25) is 0 Å². The van der Waals surface area contributed by atoms with Gasteiger partial charge in [-0.1, -0.05) is 6.07 Å². The molecule has 112 valence electrons. The van der Waals surface area contributed by atoms with Crippen LogP contribution in [0, 0.1) is 6.92 Å². The molecule has 0 saturated heterocycles. The number of hydrogen-bond donors (Lipinski definition) is 2. The van der Waals surface area contributed by atoms with Crippen LogP contribution in [0.1, 0.15) is 28.0 Å². The standard InChI is InChI=1S/C15H19N3O2S/c1-3-20-14-12(5-4-6-13(14)16)15(19)17-8-7-11-9-21-10(2)18-11/h4-6,9H,3,7-8,16H2,1-2H3,(H,17,19). The Hall–Kier alpha value is -2.08. The van der Waals surface area contributed by atoms with Gasteiger partial charge in [-0.3, -0.25) is 4.79 Å². The van der Waals surface area contributed by atoms with Crippen LogP contribution in [-0.2, 0) is 6.42 Å². The first-order valence-electron chi connectivity index (χ1n) is 6.82. The highest BCUT2D eigenvalue weighted by atomic mass is 32.1. The Labute approximate surface area is 128 Å². The highest BCUT2D eigenvalue weighted by Crippen LogP contribution is 2.26. The number of carbonyl (C=O) groups excluding carboxylic acids is 1. The van der Waals surface area contributed by atoms with Gasteiger partial charge in [0.25, 0.3) is 5.91 Å². The van der Waals surface area contributed by atoms with E-state index in [2.05, 4.69) is 10.3 Å². The number of ether oxygens (including phenoxy) is 1. The minimum Gasteiger partial charge on any atom is -0.491 e. The number of benzene rings is 1. The zero-order valence-corrected chi connectivity index (χ0v) is 13.0. The highest BCUT2D eigenvalue weighted by molar-refractivity contribution is 7.09. The molecule has 0 atom stereocenters. The first-order chi connectivity index (χ1) is 10.1. The lowest BCUT2D eigenvalue weighted by Crippen LogP contribution is -2.26. The van der Waals surface area contributed by atoms with Gasteiger partial charge in [0.05, 0.1) is 28.6 Å². The molecule has 21 heavy (non-hydrogen) atoms. The van der Waals surface area contributed by atoms with Crippen molar-refractivity contribution in [1.82, 2.24) is 10.3 Å². The Morgan fingerprint density at radius 1 is 1.48 bits per heavy atom. The number of hydrogen-bond acceptors (Lipinski definition) is 5. The van der Waals surface area contributed by atoms with Gasteiger partial charge in [-0.25, -0.2) is 4.98 Å². The summed E-state index contributed by atoms with van der Waals surface area (Å²) in [6, 6.07) is 5.18. The largest absolute Gasteiger partial charge is 0.491 e. The summed E-state index contributed by atoms with van der Waals surface area (Å²) in [5.41, 5.74) is 7.79. The first-order valence-corrected chi connectivity index (χ1v) is 7.70. The van der Waals surface area contributed by atoms with Crippen LogP contribution in [0.25, 0.3) is 0 Å². The van der Waals surface area contributed by atoms with E-state index in [1.165, 1.54) is 0 Å². The third-order valence-corrected chi connectivity index (χ3v) is 3.73. The third kappa shape index (κ3) is 3.95. The van der Waals surface area contributed by atoms with E-state index in [1.54, 1.807) is 29.5 Å². The summed E-state index contributed by atoms with van der Waals surface area (Å²) in [5, 5.41) is 5.91. The third-order valence-electron chi connectivity index (χ3n) is 2.91. The molecule has 0 bridgehead atoms.